The summed E-state index contributed by atoms with van der Waals surface area (Å²) in [5.74, 6) is 0.700. The average molecular weight is 243 g/mol. The predicted octanol–water partition coefficient (Wildman–Crippen LogP) is 1.71. The molecule has 2 aromatic rings. The standard InChI is InChI=1S/C9H9NO3S2/c1-13-6-3-4-7-8(5-6)14-9(10-7)15(2,11)12/h3-5H,1-2H3. The minimum absolute atomic E-state index is 0.144. The van der Waals surface area contributed by atoms with E-state index in [1.807, 2.05) is 0 Å². The molecule has 2 rings (SSSR count). The van der Waals surface area contributed by atoms with Crippen LogP contribution in [0.1, 0.15) is 0 Å². The summed E-state index contributed by atoms with van der Waals surface area (Å²) in [7, 11) is -1.65. The van der Waals surface area contributed by atoms with Gasteiger partial charge in [0.1, 0.15) is 5.75 Å². The van der Waals surface area contributed by atoms with E-state index in [2.05, 4.69) is 4.98 Å². The van der Waals surface area contributed by atoms with Gasteiger partial charge in [-0.15, -0.1) is 11.3 Å². The van der Waals surface area contributed by atoms with Gasteiger partial charge in [0, 0.05) is 6.26 Å². The van der Waals surface area contributed by atoms with Gasteiger partial charge in [0.25, 0.3) is 0 Å². The van der Waals surface area contributed by atoms with E-state index in [4.69, 9.17) is 4.74 Å². The Morgan fingerprint density at radius 2 is 2.13 bits per heavy atom. The quantitative estimate of drug-likeness (QED) is 0.805. The minimum Gasteiger partial charge on any atom is -0.497 e. The van der Waals surface area contributed by atoms with E-state index in [1.54, 1.807) is 25.3 Å². The second-order valence-corrected chi connectivity index (χ2v) is 6.31. The van der Waals surface area contributed by atoms with Gasteiger partial charge in [0.2, 0.25) is 14.2 Å². The summed E-state index contributed by atoms with van der Waals surface area (Å²) in [5.41, 5.74) is 0.682. The number of aromatic nitrogens is 1. The first kappa shape index (κ1) is 10.4. The molecule has 0 aliphatic heterocycles. The van der Waals surface area contributed by atoms with Crippen molar-refractivity contribution in [2.45, 2.75) is 4.34 Å². The van der Waals surface area contributed by atoms with Crippen LogP contribution in [0.25, 0.3) is 10.2 Å². The van der Waals surface area contributed by atoms with Gasteiger partial charge in [0.05, 0.1) is 17.3 Å². The monoisotopic (exact) mass is 243 g/mol. The number of methoxy groups -OCH3 is 1. The normalized spacial score (nSPS) is 11.9. The number of fused-ring (bicyclic) bond motifs is 1. The van der Waals surface area contributed by atoms with Gasteiger partial charge in [0.15, 0.2) is 0 Å². The Kier molecular flexibility index (Phi) is 2.40. The highest BCUT2D eigenvalue weighted by molar-refractivity contribution is 7.92. The molecule has 0 radical (unpaired) electrons. The molecule has 1 aromatic carbocycles. The highest BCUT2D eigenvalue weighted by Crippen LogP contribution is 2.28. The van der Waals surface area contributed by atoms with Crippen molar-refractivity contribution in [1.29, 1.82) is 0 Å². The molecule has 0 saturated carbocycles. The molecule has 1 aromatic heterocycles. The minimum atomic E-state index is -3.22. The second-order valence-electron chi connectivity index (χ2n) is 3.09. The molecular weight excluding hydrogens is 234 g/mol. The molecule has 0 unspecified atom stereocenters. The van der Waals surface area contributed by atoms with Crippen molar-refractivity contribution in [1.82, 2.24) is 4.98 Å². The summed E-state index contributed by atoms with van der Waals surface area (Å²) >= 11 is 1.15. The topological polar surface area (TPSA) is 56.3 Å². The maximum Gasteiger partial charge on any atom is 0.210 e. The van der Waals surface area contributed by atoms with Crippen LogP contribution in [0.15, 0.2) is 22.5 Å². The summed E-state index contributed by atoms with van der Waals surface area (Å²) < 4.78 is 28.6. The van der Waals surface area contributed by atoms with Crippen molar-refractivity contribution >= 4 is 31.4 Å². The van der Waals surface area contributed by atoms with Gasteiger partial charge in [-0.3, -0.25) is 0 Å². The van der Waals surface area contributed by atoms with Gasteiger partial charge in [-0.2, -0.15) is 0 Å². The fraction of sp³-hybridized carbons (Fsp3) is 0.222. The van der Waals surface area contributed by atoms with Crippen LogP contribution < -0.4 is 4.74 Å². The van der Waals surface area contributed by atoms with Crippen LogP contribution in [0, 0.1) is 0 Å². The van der Waals surface area contributed by atoms with E-state index in [-0.39, 0.29) is 4.34 Å². The van der Waals surface area contributed by atoms with E-state index < -0.39 is 9.84 Å². The van der Waals surface area contributed by atoms with Crippen molar-refractivity contribution in [2.75, 3.05) is 13.4 Å². The number of rotatable bonds is 2. The van der Waals surface area contributed by atoms with Crippen molar-refractivity contribution in [3.63, 3.8) is 0 Å². The summed E-state index contributed by atoms with van der Waals surface area (Å²) in [6, 6.07) is 5.29. The molecule has 0 amide bonds. The number of ether oxygens (including phenoxy) is 1. The smallest absolute Gasteiger partial charge is 0.210 e. The van der Waals surface area contributed by atoms with Gasteiger partial charge < -0.3 is 4.74 Å². The maximum atomic E-state index is 11.3. The number of nitrogens with zero attached hydrogens (tertiary/aromatic N) is 1. The summed E-state index contributed by atoms with van der Waals surface area (Å²) in [6.45, 7) is 0. The van der Waals surface area contributed by atoms with E-state index in [0.29, 0.717) is 11.3 Å². The van der Waals surface area contributed by atoms with Crippen LogP contribution in [-0.4, -0.2) is 26.8 Å². The molecule has 0 saturated heterocycles. The van der Waals surface area contributed by atoms with Crippen LogP contribution in [0.3, 0.4) is 0 Å². The Labute approximate surface area is 91.4 Å². The second kappa shape index (κ2) is 3.46. The van der Waals surface area contributed by atoms with E-state index in [1.165, 1.54) is 0 Å². The molecule has 0 N–H and O–H groups in total. The molecule has 0 bridgehead atoms. The van der Waals surface area contributed by atoms with Crippen LogP contribution >= 0.6 is 11.3 Å². The maximum absolute atomic E-state index is 11.3. The van der Waals surface area contributed by atoms with E-state index in [9.17, 15) is 8.42 Å². The molecule has 15 heavy (non-hydrogen) atoms. The molecule has 0 aliphatic rings. The lowest BCUT2D eigenvalue weighted by Gasteiger charge is -1.96. The SMILES string of the molecule is COc1ccc2nc(S(C)(=O)=O)sc2c1. The van der Waals surface area contributed by atoms with E-state index >= 15 is 0 Å². The highest BCUT2D eigenvalue weighted by atomic mass is 32.2. The summed E-state index contributed by atoms with van der Waals surface area (Å²) in [4.78, 5) is 4.03. The molecule has 0 fully saturated rings. The predicted molar refractivity (Wildman–Crippen MR) is 59.3 cm³/mol. The fourth-order valence-corrected chi connectivity index (χ4v) is 3.03. The lowest BCUT2D eigenvalue weighted by Crippen LogP contribution is -1.94. The summed E-state index contributed by atoms with van der Waals surface area (Å²) in [6.07, 6.45) is 1.15. The van der Waals surface area contributed by atoms with Crippen molar-refractivity contribution < 1.29 is 13.2 Å². The van der Waals surface area contributed by atoms with Gasteiger partial charge in [-0.1, -0.05) is 0 Å². The van der Waals surface area contributed by atoms with Gasteiger partial charge >= 0.3 is 0 Å². The molecule has 1 heterocycles. The molecule has 0 atom stereocenters. The third-order valence-electron chi connectivity index (χ3n) is 1.89. The molecule has 0 spiro atoms. The Morgan fingerprint density at radius 3 is 2.73 bits per heavy atom. The zero-order chi connectivity index (χ0) is 11.1. The van der Waals surface area contributed by atoms with Crippen molar-refractivity contribution in [3.8, 4) is 5.75 Å². The Bertz CT molecular complexity index is 601. The lowest BCUT2D eigenvalue weighted by molar-refractivity contribution is 0.415. The number of thiazole rings is 1. The fourth-order valence-electron chi connectivity index (χ4n) is 1.17. The van der Waals surface area contributed by atoms with E-state index in [0.717, 1.165) is 22.3 Å². The third kappa shape index (κ3) is 1.95. The highest BCUT2D eigenvalue weighted by Gasteiger charge is 2.13. The van der Waals surface area contributed by atoms with Crippen molar-refractivity contribution in [3.05, 3.63) is 18.2 Å². The van der Waals surface area contributed by atoms with Crippen molar-refractivity contribution in [2.24, 2.45) is 0 Å². The molecular formula is C9H9NO3S2. The first-order valence-corrected chi connectivity index (χ1v) is 6.86. The number of sulfone groups is 1. The third-order valence-corrected chi connectivity index (χ3v) is 4.59. The average Bonchev–Trinajstić information content (AvgIpc) is 2.59. The Hall–Kier alpha value is -1.14. The number of benzene rings is 1. The molecule has 6 heteroatoms. The number of hydrogen-bond acceptors (Lipinski definition) is 5. The molecule has 4 nitrogen and oxygen atoms in total. The zero-order valence-electron chi connectivity index (χ0n) is 8.22. The van der Waals surface area contributed by atoms with Gasteiger partial charge in [-0.25, -0.2) is 13.4 Å². The molecule has 0 aliphatic carbocycles. The summed E-state index contributed by atoms with van der Waals surface area (Å²) in [5, 5.41) is 0. The molecule has 80 valence electrons. The zero-order valence-corrected chi connectivity index (χ0v) is 9.85. The Morgan fingerprint density at radius 1 is 1.40 bits per heavy atom. The Balaban J connectivity index is 2.66. The van der Waals surface area contributed by atoms with Crippen LogP contribution in [0.2, 0.25) is 0 Å². The van der Waals surface area contributed by atoms with Crippen LogP contribution in [0.5, 0.6) is 5.75 Å². The lowest BCUT2D eigenvalue weighted by atomic mass is 10.3. The first-order chi connectivity index (χ1) is 7.00. The van der Waals surface area contributed by atoms with Crippen LogP contribution in [0.4, 0.5) is 0 Å². The van der Waals surface area contributed by atoms with Crippen LogP contribution in [-0.2, 0) is 9.84 Å². The first-order valence-electron chi connectivity index (χ1n) is 4.15. The largest absolute Gasteiger partial charge is 0.497 e. The van der Waals surface area contributed by atoms with Gasteiger partial charge in [-0.05, 0) is 18.2 Å². The number of hydrogen-bond donors (Lipinski definition) is 0.